The van der Waals surface area contributed by atoms with Gasteiger partial charge in [-0.15, -0.1) is 0 Å². The third-order valence-electron chi connectivity index (χ3n) is 9.81. The number of benzene rings is 5. The van der Waals surface area contributed by atoms with Crippen LogP contribution in [0.15, 0.2) is 105 Å². The van der Waals surface area contributed by atoms with Crippen LogP contribution in [-0.2, 0) is 44.4 Å². The summed E-state index contributed by atoms with van der Waals surface area (Å²) in [6, 6.07) is 12.1. The Labute approximate surface area is 414 Å². The van der Waals surface area contributed by atoms with Gasteiger partial charge in [-0.1, -0.05) is 60.3 Å². The molecule has 0 heterocycles. The lowest BCUT2D eigenvalue weighted by Crippen LogP contribution is -2.33. The third-order valence-corrected chi connectivity index (χ3v) is 10.7. The Morgan fingerprint density at radius 2 is 0.843 bits per heavy atom. The topological polar surface area (TPSA) is 200 Å². The molecule has 0 saturated heterocycles. The van der Waals surface area contributed by atoms with Crippen molar-refractivity contribution in [2.75, 3.05) is 21.3 Å². The van der Waals surface area contributed by atoms with Gasteiger partial charge in [-0.2, -0.15) is 46.8 Å². The lowest BCUT2D eigenvalue weighted by atomic mass is 10.0. The fourth-order valence-corrected chi connectivity index (χ4v) is 7.23. The summed E-state index contributed by atoms with van der Waals surface area (Å²) in [7, 11) is 0. The smallest absolute Gasteiger partial charge is 0.323 e. The van der Waals surface area contributed by atoms with Crippen LogP contribution in [0.3, 0.4) is 0 Å². The quantitative estimate of drug-likeness (QED) is 0.0430. The molecular formula is C46H36Cl4F6N8O6. The van der Waals surface area contributed by atoms with Crippen LogP contribution in [0.2, 0.25) is 20.1 Å². The SMILES string of the molecule is CCc1cc(NC(=O)C(N=Nc2cc(Cl)cc(C(=O)Nc3ccc(Cl)cc3C(F)(F)F)c2)C(C)=O)c(CC)cc1NC(=O)C(N=Nc1cc(Cl)cc(C(=O)Nc2ccc(Cl)cc2C(F)(F)F)c1)C(C)=O. The number of Topliss-reactive ketones (excluding diaryl/α,β-unsaturated/α-hetero) is 2. The molecule has 5 aromatic carbocycles. The molecule has 0 saturated carbocycles. The largest absolute Gasteiger partial charge is 0.418 e. The summed E-state index contributed by atoms with van der Waals surface area (Å²) in [6.07, 6.45) is -9.18. The van der Waals surface area contributed by atoms with E-state index in [0.717, 1.165) is 62.4 Å². The van der Waals surface area contributed by atoms with E-state index in [1.165, 1.54) is 24.3 Å². The molecule has 5 aromatic rings. The van der Waals surface area contributed by atoms with E-state index in [4.69, 9.17) is 46.4 Å². The Morgan fingerprint density at radius 3 is 1.16 bits per heavy atom. The van der Waals surface area contributed by atoms with Crippen molar-refractivity contribution in [3.63, 3.8) is 0 Å². The van der Waals surface area contributed by atoms with E-state index in [2.05, 4.69) is 41.7 Å². The lowest BCUT2D eigenvalue weighted by molar-refractivity contribution is -0.137. The summed E-state index contributed by atoms with van der Waals surface area (Å²) in [4.78, 5) is 78.7. The normalized spacial score (nSPS) is 12.7. The summed E-state index contributed by atoms with van der Waals surface area (Å²) in [5.74, 6) is -5.36. The van der Waals surface area contributed by atoms with Gasteiger partial charge in [0.2, 0.25) is 12.1 Å². The van der Waals surface area contributed by atoms with Gasteiger partial charge in [0.05, 0.1) is 33.9 Å². The molecule has 14 nitrogen and oxygen atoms in total. The van der Waals surface area contributed by atoms with E-state index in [-0.39, 0.29) is 66.8 Å². The highest BCUT2D eigenvalue weighted by Crippen LogP contribution is 2.39. The molecule has 0 aliphatic heterocycles. The van der Waals surface area contributed by atoms with Crippen molar-refractivity contribution >= 4 is 116 Å². The number of nitrogens with zero attached hydrogens (tertiary/aromatic N) is 4. The lowest BCUT2D eigenvalue weighted by Gasteiger charge is -2.18. The highest BCUT2D eigenvalue weighted by atomic mass is 35.5. The van der Waals surface area contributed by atoms with E-state index < -0.39 is 82.1 Å². The molecule has 366 valence electrons. The van der Waals surface area contributed by atoms with Gasteiger partial charge in [-0.05, 0) is 123 Å². The van der Waals surface area contributed by atoms with Gasteiger partial charge >= 0.3 is 12.4 Å². The molecule has 0 aliphatic carbocycles. The summed E-state index contributed by atoms with van der Waals surface area (Å²) in [5.41, 5.74) is -2.94. The van der Waals surface area contributed by atoms with Crippen molar-refractivity contribution in [2.24, 2.45) is 20.5 Å². The van der Waals surface area contributed by atoms with Crippen molar-refractivity contribution in [2.45, 2.75) is 65.0 Å². The van der Waals surface area contributed by atoms with Gasteiger partial charge in [0, 0.05) is 42.6 Å². The van der Waals surface area contributed by atoms with Crippen molar-refractivity contribution in [1.82, 2.24) is 0 Å². The average molecular weight is 1050 g/mol. The van der Waals surface area contributed by atoms with Crippen LogP contribution in [0.1, 0.15) is 70.7 Å². The number of hydrogen-bond acceptors (Lipinski definition) is 10. The molecule has 70 heavy (non-hydrogen) atoms. The molecule has 0 aromatic heterocycles. The van der Waals surface area contributed by atoms with E-state index in [1.807, 2.05) is 0 Å². The number of nitrogens with one attached hydrogen (secondary N) is 4. The minimum absolute atomic E-state index is 0.0784. The summed E-state index contributed by atoms with van der Waals surface area (Å²) >= 11 is 23.8. The van der Waals surface area contributed by atoms with Crippen molar-refractivity contribution in [3.8, 4) is 0 Å². The van der Waals surface area contributed by atoms with Crippen LogP contribution < -0.4 is 21.3 Å². The van der Waals surface area contributed by atoms with Gasteiger partial charge in [-0.25, -0.2) is 0 Å². The number of amides is 4. The Kier molecular flexibility index (Phi) is 17.6. The zero-order valence-electron chi connectivity index (χ0n) is 36.7. The van der Waals surface area contributed by atoms with Crippen molar-refractivity contribution in [1.29, 1.82) is 0 Å². The Bertz CT molecular complexity index is 2770. The fourth-order valence-electron chi connectivity index (χ4n) is 6.43. The van der Waals surface area contributed by atoms with Gasteiger partial charge < -0.3 is 21.3 Å². The molecule has 4 N–H and O–H groups in total. The van der Waals surface area contributed by atoms with Crippen LogP contribution in [0.25, 0.3) is 0 Å². The first-order valence-electron chi connectivity index (χ1n) is 20.3. The molecule has 5 rings (SSSR count). The first kappa shape index (κ1) is 54.2. The summed E-state index contributed by atoms with van der Waals surface area (Å²) in [6.45, 7) is 5.60. The van der Waals surface area contributed by atoms with E-state index in [0.29, 0.717) is 23.3 Å². The van der Waals surface area contributed by atoms with Crippen LogP contribution >= 0.6 is 46.4 Å². The molecule has 0 radical (unpaired) electrons. The molecule has 0 aliphatic rings. The molecule has 0 fully saturated rings. The van der Waals surface area contributed by atoms with Crippen molar-refractivity contribution in [3.05, 3.63) is 138 Å². The highest BCUT2D eigenvalue weighted by Gasteiger charge is 2.36. The molecule has 0 spiro atoms. The van der Waals surface area contributed by atoms with Crippen LogP contribution in [0.5, 0.6) is 0 Å². The average Bonchev–Trinajstić information content (AvgIpc) is 3.26. The first-order valence-corrected chi connectivity index (χ1v) is 21.9. The Balaban J connectivity index is 1.32. The minimum atomic E-state index is -4.85. The maximum Gasteiger partial charge on any atom is 0.418 e. The van der Waals surface area contributed by atoms with Crippen LogP contribution in [0.4, 0.5) is 60.5 Å². The van der Waals surface area contributed by atoms with E-state index in [1.54, 1.807) is 13.8 Å². The van der Waals surface area contributed by atoms with Gasteiger partial charge in [-0.3, -0.25) is 28.8 Å². The van der Waals surface area contributed by atoms with Crippen LogP contribution in [0, 0.1) is 0 Å². The molecule has 4 amide bonds. The maximum atomic E-state index is 13.6. The molecular weight excluding hydrogens is 1020 g/mol. The highest BCUT2D eigenvalue weighted by molar-refractivity contribution is 6.32. The zero-order valence-corrected chi connectivity index (χ0v) is 39.7. The van der Waals surface area contributed by atoms with Gasteiger partial charge in [0.1, 0.15) is 0 Å². The third kappa shape index (κ3) is 14.2. The Hall–Kier alpha value is -6.74. The second-order valence-corrected chi connectivity index (χ2v) is 16.7. The number of carbonyl (C=O) groups excluding carboxylic acids is 6. The number of ketones is 2. The number of aryl methyl sites for hydroxylation is 2. The molecule has 0 bridgehead atoms. The number of anilines is 4. The van der Waals surface area contributed by atoms with Crippen molar-refractivity contribution < 1.29 is 55.1 Å². The molecule has 2 atom stereocenters. The number of hydrogen-bond donors (Lipinski definition) is 4. The zero-order chi connectivity index (χ0) is 51.8. The molecule has 24 heteroatoms. The second kappa shape index (κ2) is 22.8. The number of halogens is 10. The van der Waals surface area contributed by atoms with E-state index in [9.17, 15) is 55.1 Å². The summed E-state index contributed by atoms with van der Waals surface area (Å²) in [5, 5.41) is 24.7. The predicted molar refractivity (Wildman–Crippen MR) is 252 cm³/mol. The van der Waals surface area contributed by atoms with Crippen LogP contribution in [-0.4, -0.2) is 47.3 Å². The summed E-state index contributed by atoms with van der Waals surface area (Å²) < 4.78 is 81.8. The van der Waals surface area contributed by atoms with Gasteiger partial charge in [0.15, 0.2) is 11.6 Å². The minimum Gasteiger partial charge on any atom is -0.323 e. The fraction of sp³-hybridized carbons (Fsp3) is 0.217. The number of alkyl halides is 6. The van der Waals surface area contributed by atoms with Gasteiger partial charge in [0.25, 0.3) is 23.6 Å². The molecule has 2 unspecified atom stereocenters. The number of carbonyl (C=O) groups is 6. The number of azo groups is 2. The monoisotopic (exact) mass is 1050 g/mol. The first-order chi connectivity index (χ1) is 32.8. The standard InChI is InChI=1S/C46H36Cl4F6N8O6/c1-5-23-15-38(60-44(70)40(22(4)66)64-62-32-14-26(12-30(50)18-32)42(68)58-36-10-8-28(48)20-34(36)46(54,55)56)24(6-2)16-37(23)59-43(69)39(21(3)65)63-61-31-13-25(11-29(49)17-31)41(67)57-35-9-7-27(47)19-33(35)45(51,52)53/h7-20,39-40H,5-6H2,1-4H3,(H,57,67)(H,58,68)(H,59,69)(H,60,70). The predicted octanol–water partition coefficient (Wildman–Crippen LogP) is 13.3. The second-order valence-electron chi connectivity index (χ2n) is 15.0. The Morgan fingerprint density at radius 1 is 0.486 bits per heavy atom. The maximum absolute atomic E-state index is 13.6. The van der Waals surface area contributed by atoms with E-state index >= 15 is 0 Å². The number of rotatable bonds is 16.